The molecule has 1 N–H and O–H groups in total. The molecule has 0 aliphatic rings. The average molecular weight is 515 g/mol. The number of nitrogens with one attached hydrogen (secondary N) is 1. The predicted molar refractivity (Wildman–Crippen MR) is 127 cm³/mol. The fourth-order valence-corrected chi connectivity index (χ4v) is 4.24. The van der Waals surface area contributed by atoms with E-state index in [4.69, 9.17) is 9.84 Å². The minimum Gasteiger partial charge on any atom is -0.490 e. The van der Waals surface area contributed by atoms with Crippen molar-refractivity contribution < 1.29 is 4.74 Å². The minimum absolute atomic E-state index is 0.523. The van der Waals surface area contributed by atoms with Gasteiger partial charge in [0.15, 0.2) is 0 Å². The quantitative estimate of drug-likeness (QED) is 0.297. The Morgan fingerprint density at radius 1 is 1.00 bits per heavy atom. The van der Waals surface area contributed by atoms with Crippen molar-refractivity contribution in [2.24, 2.45) is 0 Å². The van der Waals surface area contributed by atoms with E-state index in [1.165, 1.54) is 0 Å². The fourth-order valence-electron chi connectivity index (χ4n) is 3.26. The molecule has 0 aliphatic carbocycles. The Morgan fingerprint density at radius 2 is 1.83 bits per heavy atom. The lowest BCUT2D eigenvalue weighted by Gasteiger charge is -2.12. The van der Waals surface area contributed by atoms with E-state index < -0.39 is 0 Å². The molecule has 0 unspecified atom stereocenters. The van der Waals surface area contributed by atoms with Gasteiger partial charge in [0.1, 0.15) is 18.2 Å². The van der Waals surface area contributed by atoms with E-state index in [9.17, 15) is 0 Å². The van der Waals surface area contributed by atoms with Gasteiger partial charge in [-0.2, -0.15) is 5.10 Å². The maximum absolute atomic E-state index is 6.08. The standard InChI is InChI=1S/C23H21Br2N3O/c1-2-26-22-15-20(16-6-4-3-5-7-16)27-28(22)12-13-29-21-11-8-17-14-18(24)9-10-19(17)23(21)25/h3-11,14-15,26H,2,12-13H2,1H3. The summed E-state index contributed by atoms with van der Waals surface area (Å²) in [7, 11) is 0. The summed E-state index contributed by atoms with van der Waals surface area (Å²) < 4.78 is 10.1. The maximum atomic E-state index is 6.08. The maximum Gasteiger partial charge on any atom is 0.134 e. The van der Waals surface area contributed by atoms with Crippen molar-refractivity contribution in [2.45, 2.75) is 13.5 Å². The number of hydrogen-bond donors (Lipinski definition) is 1. The summed E-state index contributed by atoms with van der Waals surface area (Å²) in [5.41, 5.74) is 2.06. The van der Waals surface area contributed by atoms with Crippen molar-refractivity contribution in [3.63, 3.8) is 0 Å². The second-order valence-electron chi connectivity index (χ2n) is 6.63. The highest BCUT2D eigenvalue weighted by molar-refractivity contribution is 9.11. The van der Waals surface area contributed by atoms with Crippen LogP contribution in [0.5, 0.6) is 5.75 Å². The molecule has 29 heavy (non-hydrogen) atoms. The first-order valence-corrected chi connectivity index (χ1v) is 11.1. The zero-order valence-corrected chi connectivity index (χ0v) is 19.2. The third-order valence-corrected chi connectivity index (χ3v) is 5.96. The molecule has 1 aromatic heterocycles. The predicted octanol–water partition coefficient (Wildman–Crippen LogP) is 6.74. The van der Waals surface area contributed by atoms with Gasteiger partial charge in [0.05, 0.1) is 16.7 Å². The average Bonchev–Trinajstić information content (AvgIpc) is 3.13. The van der Waals surface area contributed by atoms with E-state index in [1.54, 1.807) is 0 Å². The lowest BCUT2D eigenvalue weighted by molar-refractivity contribution is 0.291. The van der Waals surface area contributed by atoms with Crippen molar-refractivity contribution in [1.29, 1.82) is 0 Å². The van der Waals surface area contributed by atoms with Crippen LogP contribution in [0, 0.1) is 0 Å². The van der Waals surface area contributed by atoms with Gasteiger partial charge in [-0.05, 0) is 51.8 Å². The number of aromatic nitrogens is 2. The second kappa shape index (κ2) is 9.01. The van der Waals surface area contributed by atoms with Gasteiger partial charge < -0.3 is 10.1 Å². The Morgan fingerprint density at radius 3 is 2.62 bits per heavy atom. The molecule has 0 fully saturated rings. The molecular formula is C23H21Br2N3O. The van der Waals surface area contributed by atoms with Crippen LogP contribution in [-0.4, -0.2) is 22.9 Å². The second-order valence-corrected chi connectivity index (χ2v) is 8.33. The van der Waals surface area contributed by atoms with Crippen molar-refractivity contribution in [1.82, 2.24) is 9.78 Å². The number of fused-ring (bicyclic) bond motifs is 1. The van der Waals surface area contributed by atoms with Crippen LogP contribution in [0.4, 0.5) is 5.82 Å². The van der Waals surface area contributed by atoms with E-state index in [-0.39, 0.29) is 0 Å². The molecule has 0 spiro atoms. The number of benzene rings is 3. The van der Waals surface area contributed by atoms with Crippen LogP contribution in [0.2, 0.25) is 0 Å². The molecule has 0 atom stereocenters. The van der Waals surface area contributed by atoms with Crippen LogP contribution in [0.15, 0.2) is 75.7 Å². The van der Waals surface area contributed by atoms with Crippen LogP contribution in [0.25, 0.3) is 22.0 Å². The minimum atomic E-state index is 0.523. The van der Waals surface area contributed by atoms with Crippen LogP contribution in [0.1, 0.15) is 6.92 Å². The number of rotatable bonds is 7. The van der Waals surface area contributed by atoms with Gasteiger partial charge in [-0.25, -0.2) is 4.68 Å². The highest BCUT2D eigenvalue weighted by Gasteiger charge is 2.11. The lowest BCUT2D eigenvalue weighted by atomic mass is 10.1. The molecule has 3 aromatic carbocycles. The van der Waals surface area contributed by atoms with E-state index in [0.717, 1.165) is 49.1 Å². The number of hydrogen-bond acceptors (Lipinski definition) is 3. The van der Waals surface area contributed by atoms with E-state index >= 15 is 0 Å². The Hall–Kier alpha value is -2.31. The normalized spacial score (nSPS) is 11.0. The number of halogens is 2. The monoisotopic (exact) mass is 513 g/mol. The first kappa shape index (κ1) is 20.0. The molecule has 1 heterocycles. The lowest BCUT2D eigenvalue weighted by Crippen LogP contribution is -2.13. The molecule has 0 aliphatic heterocycles. The first-order chi connectivity index (χ1) is 14.2. The van der Waals surface area contributed by atoms with E-state index in [2.05, 4.69) is 80.5 Å². The fraction of sp³-hybridized carbons (Fsp3) is 0.174. The number of anilines is 1. The van der Waals surface area contributed by atoms with Crippen LogP contribution < -0.4 is 10.1 Å². The smallest absolute Gasteiger partial charge is 0.134 e. The van der Waals surface area contributed by atoms with Crippen molar-refractivity contribution >= 4 is 48.5 Å². The molecular weight excluding hydrogens is 494 g/mol. The topological polar surface area (TPSA) is 39.1 Å². The summed E-state index contributed by atoms with van der Waals surface area (Å²) in [6.45, 7) is 4.10. The summed E-state index contributed by atoms with van der Waals surface area (Å²) in [4.78, 5) is 0. The molecule has 0 amide bonds. The van der Waals surface area contributed by atoms with Gasteiger partial charge >= 0.3 is 0 Å². The summed E-state index contributed by atoms with van der Waals surface area (Å²) in [5, 5.41) is 10.4. The van der Waals surface area contributed by atoms with E-state index in [1.807, 2.05) is 35.0 Å². The van der Waals surface area contributed by atoms with Gasteiger partial charge in [-0.1, -0.05) is 58.4 Å². The Balaban J connectivity index is 1.50. The SMILES string of the molecule is CCNc1cc(-c2ccccc2)nn1CCOc1ccc2cc(Br)ccc2c1Br. The summed E-state index contributed by atoms with van der Waals surface area (Å²) in [6, 6.07) is 22.6. The molecule has 0 radical (unpaired) electrons. The van der Waals surface area contributed by atoms with E-state index in [0.29, 0.717) is 13.2 Å². The third-order valence-electron chi connectivity index (χ3n) is 4.65. The first-order valence-electron chi connectivity index (χ1n) is 9.53. The van der Waals surface area contributed by atoms with Gasteiger partial charge in [-0.15, -0.1) is 0 Å². The van der Waals surface area contributed by atoms with Gasteiger partial charge in [0, 0.05) is 22.6 Å². The van der Waals surface area contributed by atoms with Gasteiger partial charge in [0.25, 0.3) is 0 Å². The van der Waals surface area contributed by atoms with Crippen molar-refractivity contribution in [3.05, 3.63) is 75.7 Å². The van der Waals surface area contributed by atoms with Gasteiger partial charge in [-0.3, -0.25) is 0 Å². The molecule has 4 aromatic rings. The number of nitrogens with zero attached hydrogens (tertiary/aromatic N) is 2. The zero-order valence-electron chi connectivity index (χ0n) is 16.0. The zero-order chi connectivity index (χ0) is 20.2. The van der Waals surface area contributed by atoms with Crippen molar-refractivity contribution in [3.8, 4) is 17.0 Å². The summed E-state index contributed by atoms with van der Waals surface area (Å²) in [6.07, 6.45) is 0. The third kappa shape index (κ3) is 4.49. The highest BCUT2D eigenvalue weighted by Crippen LogP contribution is 2.34. The molecule has 0 bridgehead atoms. The van der Waals surface area contributed by atoms with Crippen LogP contribution in [0.3, 0.4) is 0 Å². The highest BCUT2D eigenvalue weighted by atomic mass is 79.9. The van der Waals surface area contributed by atoms with Gasteiger partial charge in [0.2, 0.25) is 0 Å². The molecule has 4 nitrogen and oxygen atoms in total. The molecule has 0 saturated heterocycles. The number of ether oxygens (including phenoxy) is 1. The van der Waals surface area contributed by atoms with Crippen LogP contribution >= 0.6 is 31.9 Å². The summed E-state index contributed by atoms with van der Waals surface area (Å²) in [5.74, 6) is 1.83. The molecule has 6 heteroatoms. The molecule has 148 valence electrons. The molecule has 0 saturated carbocycles. The van der Waals surface area contributed by atoms with Crippen molar-refractivity contribution in [2.75, 3.05) is 18.5 Å². The summed E-state index contributed by atoms with van der Waals surface area (Å²) >= 11 is 7.21. The van der Waals surface area contributed by atoms with Crippen LogP contribution in [-0.2, 0) is 6.54 Å². The molecule has 4 rings (SSSR count). The Kier molecular flexibility index (Phi) is 6.21. The largest absolute Gasteiger partial charge is 0.490 e. The Labute approximate surface area is 187 Å². The Bertz CT molecular complexity index is 1130.